The van der Waals surface area contributed by atoms with Crippen molar-refractivity contribution < 1.29 is 10.2 Å². The number of aliphatic hydroxyl groups excluding tert-OH is 1. The molecule has 4 aliphatic carbocycles. The summed E-state index contributed by atoms with van der Waals surface area (Å²) < 4.78 is 0. The summed E-state index contributed by atoms with van der Waals surface area (Å²) >= 11 is 0. The van der Waals surface area contributed by atoms with Crippen molar-refractivity contribution >= 4 is 0 Å². The molecule has 31 heavy (non-hydrogen) atoms. The highest BCUT2D eigenvalue weighted by atomic mass is 16.3. The van der Waals surface area contributed by atoms with E-state index in [-0.39, 0.29) is 16.9 Å². The van der Waals surface area contributed by atoms with Gasteiger partial charge in [0.05, 0.1) is 11.7 Å². The van der Waals surface area contributed by atoms with Crippen molar-refractivity contribution in [1.82, 2.24) is 0 Å². The van der Waals surface area contributed by atoms with Crippen molar-refractivity contribution in [2.24, 2.45) is 34.5 Å². The molecule has 0 aromatic rings. The Morgan fingerprint density at radius 3 is 2.52 bits per heavy atom. The summed E-state index contributed by atoms with van der Waals surface area (Å²) in [5.74, 6) is 2.66. The number of hydrogen-bond acceptors (Lipinski definition) is 2. The molecule has 174 valence electrons. The van der Waals surface area contributed by atoms with Crippen LogP contribution in [-0.2, 0) is 0 Å². The predicted molar refractivity (Wildman–Crippen MR) is 130 cm³/mol. The molecule has 2 heteroatoms. The fourth-order valence-corrected chi connectivity index (χ4v) is 7.94. The van der Waals surface area contributed by atoms with Crippen molar-refractivity contribution in [2.45, 2.75) is 111 Å². The molecule has 0 amide bonds. The molecule has 2 N–H and O–H groups in total. The minimum absolute atomic E-state index is 0.156. The van der Waals surface area contributed by atoms with Crippen LogP contribution < -0.4 is 0 Å². The average Bonchev–Trinajstić information content (AvgIpc) is 3.06. The Bertz CT molecular complexity index is 789. The van der Waals surface area contributed by atoms with Gasteiger partial charge in [-0.1, -0.05) is 65.3 Å². The SMILES string of the molecule is CCC(C=CC(C)C1CC=C2C3=C(CCC21C)C1(C)CCC(O)CC1(O)CC3)C(C)C. The van der Waals surface area contributed by atoms with E-state index >= 15 is 0 Å². The molecule has 0 saturated heterocycles. The molecule has 0 aromatic heterocycles. The normalized spacial score (nSPS) is 42.3. The number of allylic oxidation sites excluding steroid dienone is 5. The van der Waals surface area contributed by atoms with Gasteiger partial charge in [0.2, 0.25) is 0 Å². The number of hydrogen-bond donors (Lipinski definition) is 2. The van der Waals surface area contributed by atoms with Gasteiger partial charge in [0, 0.05) is 11.8 Å². The molecule has 0 bridgehead atoms. The van der Waals surface area contributed by atoms with Crippen molar-refractivity contribution in [3.05, 3.63) is 34.9 Å². The predicted octanol–water partition coefficient (Wildman–Crippen LogP) is 6.98. The minimum Gasteiger partial charge on any atom is -0.393 e. The maximum atomic E-state index is 11.6. The van der Waals surface area contributed by atoms with Crippen molar-refractivity contribution in [1.29, 1.82) is 0 Å². The van der Waals surface area contributed by atoms with Gasteiger partial charge in [-0.2, -0.15) is 0 Å². The van der Waals surface area contributed by atoms with Crippen LogP contribution in [0.15, 0.2) is 34.9 Å². The Labute approximate surface area is 190 Å². The second-order valence-corrected chi connectivity index (χ2v) is 12.2. The van der Waals surface area contributed by atoms with Crippen molar-refractivity contribution in [2.75, 3.05) is 0 Å². The monoisotopic (exact) mass is 426 g/mol. The molecule has 0 spiro atoms. The van der Waals surface area contributed by atoms with Crippen LogP contribution in [0.25, 0.3) is 0 Å². The Balaban J connectivity index is 1.60. The molecule has 2 nitrogen and oxygen atoms in total. The zero-order valence-corrected chi connectivity index (χ0v) is 20.9. The minimum atomic E-state index is -0.724. The zero-order valence-electron chi connectivity index (χ0n) is 20.9. The van der Waals surface area contributed by atoms with Crippen LogP contribution in [-0.4, -0.2) is 21.9 Å². The quantitative estimate of drug-likeness (QED) is 0.466. The van der Waals surface area contributed by atoms with Gasteiger partial charge in [-0.15, -0.1) is 0 Å². The van der Waals surface area contributed by atoms with E-state index in [9.17, 15) is 10.2 Å². The number of aliphatic hydroxyl groups is 2. The first-order valence-corrected chi connectivity index (χ1v) is 13.1. The van der Waals surface area contributed by atoms with Crippen LogP contribution in [0.4, 0.5) is 0 Å². The van der Waals surface area contributed by atoms with Gasteiger partial charge >= 0.3 is 0 Å². The van der Waals surface area contributed by atoms with Crippen LogP contribution >= 0.6 is 0 Å². The van der Waals surface area contributed by atoms with Crippen LogP contribution in [0.1, 0.15) is 99.3 Å². The van der Waals surface area contributed by atoms with Gasteiger partial charge in [0.1, 0.15) is 0 Å². The summed E-state index contributed by atoms with van der Waals surface area (Å²) in [6, 6.07) is 0. The first kappa shape index (κ1) is 23.3. The maximum Gasteiger partial charge on any atom is 0.0765 e. The summed E-state index contributed by atoms with van der Waals surface area (Å²) in [5.41, 5.74) is 4.12. The highest BCUT2D eigenvalue weighted by Crippen LogP contribution is 2.65. The highest BCUT2D eigenvalue weighted by Gasteiger charge is 2.58. The van der Waals surface area contributed by atoms with Gasteiger partial charge in [0.15, 0.2) is 0 Å². The molecule has 4 rings (SSSR count). The lowest BCUT2D eigenvalue weighted by Gasteiger charge is -2.57. The zero-order chi connectivity index (χ0) is 22.6. The van der Waals surface area contributed by atoms with Gasteiger partial charge in [0.25, 0.3) is 0 Å². The molecule has 0 aromatic carbocycles. The van der Waals surface area contributed by atoms with Crippen LogP contribution in [0.5, 0.6) is 0 Å². The van der Waals surface area contributed by atoms with Gasteiger partial charge < -0.3 is 10.2 Å². The Kier molecular flexibility index (Phi) is 6.14. The molecule has 1 saturated carbocycles. The standard InChI is InChI=1S/C29H46O2/c1-7-21(19(2)3)9-8-20(4)24-10-11-25-23-13-17-29(31)18-22(30)12-16-28(29,6)26(23)14-15-27(24,25)5/h8-9,11,19-22,24,30-31H,7,10,12-18H2,1-6H3. The largest absolute Gasteiger partial charge is 0.393 e. The van der Waals surface area contributed by atoms with E-state index in [2.05, 4.69) is 59.8 Å². The highest BCUT2D eigenvalue weighted by molar-refractivity contribution is 5.50. The second kappa shape index (κ2) is 8.17. The lowest BCUT2D eigenvalue weighted by molar-refractivity contribution is -0.132. The van der Waals surface area contributed by atoms with Crippen molar-refractivity contribution in [3.8, 4) is 0 Å². The summed E-state index contributed by atoms with van der Waals surface area (Å²) in [7, 11) is 0. The second-order valence-electron chi connectivity index (χ2n) is 12.2. The maximum absolute atomic E-state index is 11.6. The average molecular weight is 427 g/mol. The molecular weight excluding hydrogens is 380 g/mol. The molecule has 0 heterocycles. The first-order valence-electron chi connectivity index (χ1n) is 13.1. The van der Waals surface area contributed by atoms with E-state index in [0.29, 0.717) is 30.1 Å². The summed E-state index contributed by atoms with van der Waals surface area (Å²) in [4.78, 5) is 0. The summed E-state index contributed by atoms with van der Waals surface area (Å²) in [6.07, 6.45) is 16.1. The molecule has 4 aliphatic rings. The van der Waals surface area contributed by atoms with E-state index in [1.807, 2.05) is 0 Å². The van der Waals surface area contributed by atoms with Gasteiger partial charge in [-0.05, 0) is 91.6 Å². The van der Waals surface area contributed by atoms with E-state index in [0.717, 1.165) is 32.1 Å². The topological polar surface area (TPSA) is 40.5 Å². The Morgan fingerprint density at radius 2 is 1.84 bits per heavy atom. The lowest BCUT2D eigenvalue weighted by Crippen LogP contribution is -2.56. The van der Waals surface area contributed by atoms with Crippen LogP contribution in [0.2, 0.25) is 0 Å². The van der Waals surface area contributed by atoms with E-state index in [4.69, 9.17) is 0 Å². The van der Waals surface area contributed by atoms with Gasteiger partial charge in [-0.25, -0.2) is 0 Å². The molecular formula is C29H46O2. The molecule has 7 unspecified atom stereocenters. The molecule has 0 aliphatic heterocycles. The fraction of sp³-hybridized carbons (Fsp3) is 0.793. The van der Waals surface area contributed by atoms with E-state index < -0.39 is 5.60 Å². The third-order valence-corrected chi connectivity index (χ3v) is 10.3. The van der Waals surface area contributed by atoms with Crippen LogP contribution in [0, 0.1) is 34.5 Å². The third kappa shape index (κ3) is 3.61. The molecule has 0 radical (unpaired) electrons. The Hall–Kier alpha value is -0.860. The first-order chi connectivity index (χ1) is 14.6. The Morgan fingerprint density at radius 1 is 1.10 bits per heavy atom. The number of fused-ring (bicyclic) bond motifs is 4. The van der Waals surface area contributed by atoms with Gasteiger partial charge in [-0.3, -0.25) is 0 Å². The van der Waals surface area contributed by atoms with Crippen LogP contribution in [0.3, 0.4) is 0 Å². The third-order valence-electron chi connectivity index (χ3n) is 10.3. The van der Waals surface area contributed by atoms with Crippen molar-refractivity contribution in [3.63, 3.8) is 0 Å². The molecule has 1 fully saturated rings. The lowest BCUT2D eigenvalue weighted by atomic mass is 9.50. The summed E-state index contributed by atoms with van der Waals surface area (Å²) in [6.45, 7) is 14.2. The fourth-order valence-electron chi connectivity index (χ4n) is 7.94. The summed E-state index contributed by atoms with van der Waals surface area (Å²) in [5, 5.41) is 21.8. The smallest absolute Gasteiger partial charge is 0.0765 e. The number of rotatable bonds is 5. The molecule has 7 atom stereocenters. The van der Waals surface area contributed by atoms with E-state index in [1.165, 1.54) is 24.8 Å². The van der Waals surface area contributed by atoms with E-state index in [1.54, 1.807) is 11.1 Å².